The Balaban J connectivity index is 1.94. The van der Waals surface area contributed by atoms with Gasteiger partial charge in [0, 0.05) is 32.2 Å². The molecular weight excluding hydrogens is 208 g/mol. The summed E-state index contributed by atoms with van der Waals surface area (Å²) in [6, 6.07) is 9.72. The van der Waals surface area contributed by atoms with Crippen molar-refractivity contribution in [3.63, 3.8) is 0 Å². The highest BCUT2D eigenvalue weighted by Gasteiger charge is 2.15. The van der Waals surface area contributed by atoms with Crippen LogP contribution in [0.15, 0.2) is 24.3 Å². The average Bonchev–Trinajstić information content (AvgIpc) is 2.29. The summed E-state index contributed by atoms with van der Waals surface area (Å²) in [6.07, 6.45) is 0. The third-order valence-corrected chi connectivity index (χ3v) is 3.51. The summed E-state index contributed by atoms with van der Waals surface area (Å²) < 4.78 is 0. The number of nitrogens with one attached hydrogen (secondary N) is 1. The van der Waals surface area contributed by atoms with Crippen molar-refractivity contribution in [1.82, 2.24) is 10.2 Å². The van der Waals surface area contributed by atoms with E-state index in [1.165, 1.54) is 11.1 Å². The van der Waals surface area contributed by atoms with Gasteiger partial charge in [0.1, 0.15) is 0 Å². The summed E-state index contributed by atoms with van der Waals surface area (Å²) in [4.78, 5) is 2.53. The van der Waals surface area contributed by atoms with Crippen LogP contribution in [0.1, 0.15) is 37.8 Å². The van der Waals surface area contributed by atoms with E-state index < -0.39 is 0 Å². The van der Waals surface area contributed by atoms with Crippen LogP contribution in [-0.4, -0.2) is 30.6 Å². The largest absolute Gasteiger partial charge is 0.312 e. The molecule has 1 fully saturated rings. The summed E-state index contributed by atoms with van der Waals surface area (Å²) in [6.45, 7) is 11.3. The van der Waals surface area contributed by atoms with E-state index in [0.29, 0.717) is 12.0 Å². The lowest BCUT2D eigenvalue weighted by Gasteiger charge is -2.31. The minimum atomic E-state index is 0.624. The first-order chi connectivity index (χ1) is 8.15. The monoisotopic (exact) mass is 232 g/mol. The van der Waals surface area contributed by atoms with E-state index in [-0.39, 0.29) is 0 Å². The van der Waals surface area contributed by atoms with E-state index in [0.717, 1.165) is 26.2 Å². The van der Waals surface area contributed by atoms with Crippen LogP contribution in [0.25, 0.3) is 0 Å². The number of rotatable bonds is 3. The molecule has 94 valence electrons. The number of hydrogen-bond donors (Lipinski definition) is 1. The predicted octanol–water partition coefficient (Wildman–Crippen LogP) is 2.60. The zero-order chi connectivity index (χ0) is 12.3. The molecule has 1 atom stereocenters. The van der Waals surface area contributed by atoms with Crippen LogP contribution in [0.3, 0.4) is 0 Å². The lowest BCUT2D eigenvalue weighted by Crippen LogP contribution is -2.48. The molecule has 1 aliphatic heterocycles. The van der Waals surface area contributed by atoms with Crippen molar-refractivity contribution in [2.45, 2.75) is 39.3 Å². The zero-order valence-electron chi connectivity index (χ0n) is 11.2. The minimum absolute atomic E-state index is 0.624. The Morgan fingerprint density at radius 3 is 2.59 bits per heavy atom. The van der Waals surface area contributed by atoms with Crippen LogP contribution in [0.5, 0.6) is 0 Å². The Bertz CT molecular complexity index is 342. The molecular formula is C15H24N2. The van der Waals surface area contributed by atoms with Gasteiger partial charge in [-0.3, -0.25) is 4.90 Å². The lowest BCUT2D eigenvalue weighted by molar-refractivity contribution is 0.199. The van der Waals surface area contributed by atoms with Crippen LogP contribution in [0.4, 0.5) is 0 Å². The molecule has 0 saturated carbocycles. The second-order valence-electron chi connectivity index (χ2n) is 5.49. The molecule has 2 heteroatoms. The lowest BCUT2D eigenvalue weighted by atomic mass is 10.0. The molecule has 2 rings (SSSR count). The SMILES string of the molecule is CC1CN(Cc2ccc(C(C)C)cc2)CCN1. The summed E-state index contributed by atoms with van der Waals surface area (Å²) in [5, 5.41) is 3.48. The highest BCUT2D eigenvalue weighted by atomic mass is 15.2. The molecule has 17 heavy (non-hydrogen) atoms. The summed E-state index contributed by atoms with van der Waals surface area (Å²) >= 11 is 0. The molecule has 0 bridgehead atoms. The number of nitrogens with zero attached hydrogens (tertiary/aromatic N) is 1. The Kier molecular flexibility index (Phi) is 4.19. The van der Waals surface area contributed by atoms with Crippen LogP contribution < -0.4 is 5.32 Å². The summed E-state index contributed by atoms with van der Waals surface area (Å²) in [5.41, 5.74) is 2.87. The second-order valence-corrected chi connectivity index (χ2v) is 5.49. The van der Waals surface area contributed by atoms with E-state index in [9.17, 15) is 0 Å². The maximum absolute atomic E-state index is 3.48. The maximum atomic E-state index is 3.48. The van der Waals surface area contributed by atoms with Gasteiger partial charge in [-0.1, -0.05) is 38.1 Å². The van der Waals surface area contributed by atoms with Gasteiger partial charge in [-0.15, -0.1) is 0 Å². The van der Waals surface area contributed by atoms with Gasteiger partial charge in [-0.05, 0) is 24.0 Å². The minimum Gasteiger partial charge on any atom is -0.312 e. The van der Waals surface area contributed by atoms with Crippen LogP contribution in [0, 0.1) is 0 Å². The van der Waals surface area contributed by atoms with Crippen molar-refractivity contribution < 1.29 is 0 Å². The van der Waals surface area contributed by atoms with Gasteiger partial charge in [-0.2, -0.15) is 0 Å². The van der Waals surface area contributed by atoms with Gasteiger partial charge < -0.3 is 5.32 Å². The summed E-state index contributed by atoms with van der Waals surface area (Å²) in [7, 11) is 0. The van der Waals surface area contributed by atoms with Gasteiger partial charge in [0.15, 0.2) is 0 Å². The molecule has 0 amide bonds. The fourth-order valence-corrected chi connectivity index (χ4v) is 2.42. The number of benzene rings is 1. The van der Waals surface area contributed by atoms with Gasteiger partial charge in [-0.25, -0.2) is 0 Å². The normalized spacial score (nSPS) is 22.0. The topological polar surface area (TPSA) is 15.3 Å². The van der Waals surface area contributed by atoms with Crippen LogP contribution in [-0.2, 0) is 6.54 Å². The van der Waals surface area contributed by atoms with Gasteiger partial charge in [0.2, 0.25) is 0 Å². The molecule has 0 aliphatic carbocycles. The van der Waals surface area contributed by atoms with Gasteiger partial charge in [0.05, 0.1) is 0 Å². The van der Waals surface area contributed by atoms with Crippen molar-refractivity contribution in [3.8, 4) is 0 Å². The molecule has 1 N–H and O–H groups in total. The van der Waals surface area contributed by atoms with Crippen molar-refractivity contribution in [2.24, 2.45) is 0 Å². The van der Waals surface area contributed by atoms with Gasteiger partial charge >= 0.3 is 0 Å². The average molecular weight is 232 g/mol. The maximum Gasteiger partial charge on any atom is 0.0234 e. The fraction of sp³-hybridized carbons (Fsp3) is 0.600. The van der Waals surface area contributed by atoms with Crippen molar-refractivity contribution >= 4 is 0 Å². The first-order valence-electron chi connectivity index (χ1n) is 6.69. The Morgan fingerprint density at radius 2 is 2.00 bits per heavy atom. The smallest absolute Gasteiger partial charge is 0.0234 e. The van der Waals surface area contributed by atoms with E-state index in [2.05, 4.69) is 55.3 Å². The first kappa shape index (κ1) is 12.6. The predicted molar refractivity (Wildman–Crippen MR) is 73.3 cm³/mol. The van der Waals surface area contributed by atoms with E-state index in [4.69, 9.17) is 0 Å². The molecule has 1 heterocycles. The fourth-order valence-electron chi connectivity index (χ4n) is 2.42. The highest BCUT2D eigenvalue weighted by Crippen LogP contribution is 2.16. The third kappa shape index (κ3) is 3.55. The number of hydrogen-bond acceptors (Lipinski definition) is 2. The Labute approximate surface area is 105 Å². The quantitative estimate of drug-likeness (QED) is 0.862. The van der Waals surface area contributed by atoms with Gasteiger partial charge in [0.25, 0.3) is 0 Å². The molecule has 0 spiro atoms. The number of piperazine rings is 1. The van der Waals surface area contributed by atoms with Crippen molar-refractivity contribution in [2.75, 3.05) is 19.6 Å². The molecule has 1 aliphatic rings. The molecule has 1 saturated heterocycles. The molecule has 1 aromatic carbocycles. The molecule has 2 nitrogen and oxygen atoms in total. The van der Waals surface area contributed by atoms with E-state index >= 15 is 0 Å². The van der Waals surface area contributed by atoms with E-state index in [1.54, 1.807) is 0 Å². The third-order valence-electron chi connectivity index (χ3n) is 3.51. The van der Waals surface area contributed by atoms with Crippen LogP contribution in [0.2, 0.25) is 0 Å². The highest BCUT2D eigenvalue weighted by molar-refractivity contribution is 5.24. The molecule has 1 aromatic rings. The molecule has 1 unspecified atom stereocenters. The Morgan fingerprint density at radius 1 is 1.29 bits per heavy atom. The Hall–Kier alpha value is -0.860. The van der Waals surface area contributed by atoms with Crippen molar-refractivity contribution in [1.29, 1.82) is 0 Å². The molecule has 0 aromatic heterocycles. The first-order valence-corrected chi connectivity index (χ1v) is 6.69. The second kappa shape index (κ2) is 5.65. The molecule has 0 radical (unpaired) electrons. The summed E-state index contributed by atoms with van der Waals surface area (Å²) in [5.74, 6) is 0.628. The van der Waals surface area contributed by atoms with Crippen molar-refractivity contribution in [3.05, 3.63) is 35.4 Å². The zero-order valence-corrected chi connectivity index (χ0v) is 11.2. The van der Waals surface area contributed by atoms with E-state index in [1.807, 2.05) is 0 Å². The van der Waals surface area contributed by atoms with Crippen LogP contribution >= 0.6 is 0 Å². The standard InChI is InChI=1S/C15H24N2/c1-12(2)15-6-4-14(5-7-15)11-17-9-8-16-13(3)10-17/h4-7,12-13,16H,8-11H2,1-3H3.